The molecule has 1 atom stereocenters. The Morgan fingerprint density at radius 3 is 2.71 bits per heavy atom. The van der Waals surface area contributed by atoms with Crippen molar-refractivity contribution in [2.45, 2.75) is 13.0 Å². The molecular formula is C15H16ClN5. The SMILES string of the molecule is CC(Nc1cccc(Cl)c1-n1cccn1)c1nccn1C. The lowest BCUT2D eigenvalue weighted by molar-refractivity contribution is 0.720. The zero-order valence-electron chi connectivity index (χ0n) is 11.9. The molecule has 0 aliphatic heterocycles. The summed E-state index contributed by atoms with van der Waals surface area (Å²) in [6.07, 6.45) is 7.33. The van der Waals surface area contributed by atoms with Gasteiger partial charge < -0.3 is 9.88 Å². The number of benzene rings is 1. The van der Waals surface area contributed by atoms with Crippen LogP contribution in [0.2, 0.25) is 5.02 Å². The second-order valence-corrected chi connectivity index (χ2v) is 5.26. The maximum Gasteiger partial charge on any atom is 0.130 e. The average Bonchev–Trinajstić information content (AvgIpc) is 3.10. The minimum Gasteiger partial charge on any atom is -0.374 e. The van der Waals surface area contributed by atoms with Crippen LogP contribution in [0.25, 0.3) is 5.69 Å². The van der Waals surface area contributed by atoms with E-state index in [4.69, 9.17) is 11.6 Å². The molecule has 108 valence electrons. The molecule has 6 heteroatoms. The number of hydrogen-bond acceptors (Lipinski definition) is 3. The highest BCUT2D eigenvalue weighted by Crippen LogP contribution is 2.30. The Morgan fingerprint density at radius 1 is 1.19 bits per heavy atom. The molecule has 0 aliphatic rings. The summed E-state index contributed by atoms with van der Waals surface area (Å²) in [7, 11) is 1.98. The van der Waals surface area contributed by atoms with Crippen molar-refractivity contribution < 1.29 is 0 Å². The Labute approximate surface area is 128 Å². The number of aromatic nitrogens is 4. The molecule has 1 aromatic carbocycles. The van der Waals surface area contributed by atoms with E-state index in [1.165, 1.54) is 0 Å². The Kier molecular flexibility index (Phi) is 3.66. The Morgan fingerprint density at radius 2 is 2.05 bits per heavy atom. The molecule has 3 rings (SSSR count). The van der Waals surface area contributed by atoms with Gasteiger partial charge in [-0.25, -0.2) is 9.67 Å². The van der Waals surface area contributed by atoms with Crippen LogP contribution < -0.4 is 5.32 Å². The number of anilines is 1. The summed E-state index contributed by atoms with van der Waals surface area (Å²) in [6.45, 7) is 2.07. The minimum absolute atomic E-state index is 0.0535. The van der Waals surface area contributed by atoms with E-state index in [1.807, 2.05) is 48.3 Å². The summed E-state index contributed by atoms with van der Waals surface area (Å²) in [5.74, 6) is 0.960. The zero-order chi connectivity index (χ0) is 14.8. The van der Waals surface area contributed by atoms with Gasteiger partial charge in [-0.2, -0.15) is 5.10 Å². The van der Waals surface area contributed by atoms with E-state index < -0.39 is 0 Å². The van der Waals surface area contributed by atoms with Crippen LogP contribution in [0, 0.1) is 0 Å². The van der Waals surface area contributed by atoms with Crippen LogP contribution in [0.3, 0.4) is 0 Å². The number of imidazole rings is 1. The van der Waals surface area contributed by atoms with Crippen molar-refractivity contribution >= 4 is 17.3 Å². The molecule has 3 aromatic rings. The molecule has 1 unspecified atom stereocenters. The normalized spacial score (nSPS) is 12.3. The molecule has 0 spiro atoms. The van der Waals surface area contributed by atoms with Crippen molar-refractivity contribution in [2.24, 2.45) is 7.05 Å². The van der Waals surface area contributed by atoms with Crippen LogP contribution in [0.1, 0.15) is 18.8 Å². The number of hydrogen-bond donors (Lipinski definition) is 1. The van der Waals surface area contributed by atoms with Crippen molar-refractivity contribution in [3.63, 3.8) is 0 Å². The molecule has 0 amide bonds. The number of aryl methyl sites for hydroxylation is 1. The molecule has 0 aliphatic carbocycles. The van der Waals surface area contributed by atoms with Crippen LogP contribution in [-0.4, -0.2) is 19.3 Å². The Hall–Kier alpha value is -2.27. The predicted octanol–water partition coefficient (Wildman–Crippen LogP) is 3.43. The summed E-state index contributed by atoms with van der Waals surface area (Å²) in [5, 5.41) is 8.37. The van der Waals surface area contributed by atoms with Gasteiger partial charge in [0, 0.05) is 31.8 Å². The van der Waals surface area contributed by atoms with Crippen LogP contribution in [0.5, 0.6) is 0 Å². The lowest BCUT2D eigenvalue weighted by Crippen LogP contribution is -2.13. The van der Waals surface area contributed by atoms with Crippen molar-refractivity contribution in [3.05, 3.63) is 59.9 Å². The van der Waals surface area contributed by atoms with E-state index in [1.54, 1.807) is 17.1 Å². The lowest BCUT2D eigenvalue weighted by atomic mass is 10.2. The third-order valence-corrected chi connectivity index (χ3v) is 3.64. The van der Waals surface area contributed by atoms with Gasteiger partial charge in [-0.1, -0.05) is 17.7 Å². The van der Waals surface area contributed by atoms with E-state index in [0.29, 0.717) is 5.02 Å². The molecule has 0 radical (unpaired) electrons. The number of para-hydroxylation sites is 1. The second kappa shape index (κ2) is 5.61. The van der Waals surface area contributed by atoms with Gasteiger partial charge in [-0.05, 0) is 25.1 Å². The first-order chi connectivity index (χ1) is 10.2. The fourth-order valence-electron chi connectivity index (χ4n) is 2.36. The molecule has 0 saturated carbocycles. The van der Waals surface area contributed by atoms with Gasteiger partial charge in [0.25, 0.3) is 0 Å². The topological polar surface area (TPSA) is 47.7 Å². The maximum atomic E-state index is 6.34. The fraction of sp³-hybridized carbons (Fsp3) is 0.200. The summed E-state index contributed by atoms with van der Waals surface area (Å²) in [6, 6.07) is 7.69. The van der Waals surface area contributed by atoms with E-state index in [2.05, 4.69) is 22.3 Å². The maximum absolute atomic E-state index is 6.34. The van der Waals surface area contributed by atoms with Gasteiger partial charge in [0.05, 0.1) is 16.8 Å². The molecule has 1 N–H and O–H groups in total. The quantitative estimate of drug-likeness (QED) is 0.803. The molecule has 5 nitrogen and oxygen atoms in total. The summed E-state index contributed by atoms with van der Waals surface area (Å²) in [5.41, 5.74) is 1.76. The first-order valence-electron chi connectivity index (χ1n) is 6.69. The number of halogens is 1. The van der Waals surface area contributed by atoms with Crippen LogP contribution >= 0.6 is 11.6 Å². The molecule has 0 saturated heterocycles. The largest absolute Gasteiger partial charge is 0.374 e. The van der Waals surface area contributed by atoms with Crippen molar-refractivity contribution in [3.8, 4) is 5.69 Å². The van der Waals surface area contributed by atoms with Crippen molar-refractivity contribution in [1.82, 2.24) is 19.3 Å². The van der Waals surface area contributed by atoms with Crippen LogP contribution in [0.15, 0.2) is 49.1 Å². The van der Waals surface area contributed by atoms with Gasteiger partial charge in [-0.15, -0.1) is 0 Å². The fourth-order valence-corrected chi connectivity index (χ4v) is 2.62. The van der Waals surface area contributed by atoms with E-state index in [-0.39, 0.29) is 6.04 Å². The highest BCUT2D eigenvalue weighted by molar-refractivity contribution is 6.33. The van der Waals surface area contributed by atoms with E-state index in [0.717, 1.165) is 17.2 Å². The minimum atomic E-state index is 0.0535. The van der Waals surface area contributed by atoms with Gasteiger partial charge in [-0.3, -0.25) is 0 Å². The summed E-state index contributed by atoms with van der Waals surface area (Å²) >= 11 is 6.34. The lowest BCUT2D eigenvalue weighted by Gasteiger charge is -2.18. The molecule has 0 bridgehead atoms. The van der Waals surface area contributed by atoms with Gasteiger partial charge in [0.1, 0.15) is 11.5 Å². The Bertz CT molecular complexity index is 732. The number of rotatable bonds is 4. The third-order valence-electron chi connectivity index (χ3n) is 3.34. The molecular weight excluding hydrogens is 286 g/mol. The predicted molar refractivity (Wildman–Crippen MR) is 83.8 cm³/mol. The van der Waals surface area contributed by atoms with Crippen LogP contribution in [-0.2, 0) is 7.05 Å². The van der Waals surface area contributed by atoms with Gasteiger partial charge in [0.15, 0.2) is 0 Å². The smallest absolute Gasteiger partial charge is 0.130 e. The number of nitrogens with one attached hydrogen (secondary N) is 1. The Balaban J connectivity index is 1.96. The summed E-state index contributed by atoms with van der Waals surface area (Å²) < 4.78 is 3.76. The average molecular weight is 302 g/mol. The highest BCUT2D eigenvalue weighted by Gasteiger charge is 2.15. The molecule has 21 heavy (non-hydrogen) atoms. The van der Waals surface area contributed by atoms with Gasteiger partial charge in [0.2, 0.25) is 0 Å². The molecule has 2 aromatic heterocycles. The van der Waals surface area contributed by atoms with Crippen LogP contribution in [0.4, 0.5) is 5.69 Å². The summed E-state index contributed by atoms with van der Waals surface area (Å²) in [4.78, 5) is 4.37. The number of nitrogens with zero attached hydrogens (tertiary/aromatic N) is 4. The first-order valence-corrected chi connectivity index (χ1v) is 7.07. The first kappa shape index (κ1) is 13.7. The van der Waals surface area contributed by atoms with Crippen molar-refractivity contribution in [2.75, 3.05) is 5.32 Å². The van der Waals surface area contributed by atoms with E-state index in [9.17, 15) is 0 Å². The van der Waals surface area contributed by atoms with Crippen molar-refractivity contribution in [1.29, 1.82) is 0 Å². The highest BCUT2D eigenvalue weighted by atomic mass is 35.5. The second-order valence-electron chi connectivity index (χ2n) is 4.85. The monoisotopic (exact) mass is 301 g/mol. The molecule has 2 heterocycles. The zero-order valence-corrected chi connectivity index (χ0v) is 12.6. The standard InChI is InChI=1S/C15H16ClN5/c1-11(15-17-8-10-20(15)2)19-13-6-3-5-12(16)14(13)21-9-4-7-18-21/h3-11,19H,1-2H3. The molecule has 0 fully saturated rings. The van der Waals surface area contributed by atoms with Gasteiger partial charge >= 0.3 is 0 Å². The van der Waals surface area contributed by atoms with E-state index >= 15 is 0 Å². The third kappa shape index (κ3) is 2.64.